The molecular weight excluding hydrogens is 412 g/mol. The summed E-state index contributed by atoms with van der Waals surface area (Å²) in [4.78, 5) is 0.924. The number of halogens is 4. The molecule has 0 fully saturated rings. The molecule has 108 valence electrons. The van der Waals surface area contributed by atoms with Gasteiger partial charge in [0.25, 0.3) is 0 Å². The molecule has 1 nitrogen and oxygen atoms in total. The largest absolute Gasteiger partial charge is 0.306 e. The zero-order valence-corrected chi connectivity index (χ0v) is 14.9. The fourth-order valence-corrected chi connectivity index (χ4v) is 4.14. The Morgan fingerprint density at radius 1 is 1.20 bits per heavy atom. The zero-order chi connectivity index (χ0) is 14.9. The van der Waals surface area contributed by atoms with Crippen molar-refractivity contribution in [1.29, 1.82) is 0 Å². The number of rotatable bonds is 4. The minimum Gasteiger partial charge on any atom is -0.306 e. The predicted octanol–water partition coefficient (Wildman–Crippen LogP) is 5.56. The average molecular weight is 425 g/mol. The lowest BCUT2D eigenvalue weighted by Gasteiger charge is -2.18. The van der Waals surface area contributed by atoms with Gasteiger partial charge in [-0.3, -0.25) is 0 Å². The highest BCUT2D eigenvalue weighted by atomic mass is 79.9. The van der Waals surface area contributed by atoms with Crippen LogP contribution in [0.2, 0.25) is 0 Å². The average Bonchev–Trinajstić information content (AvgIpc) is 2.71. The van der Waals surface area contributed by atoms with E-state index < -0.39 is 5.82 Å². The van der Waals surface area contributed by atoms with Crippen molar-refractivity contribution in [3.8, 4) is 0 Å². The maximum absolute atomic E-state index is 14.2. The highest BCUT2D eigenvalue weighted by molar-refractivity contribution is 9.13. The highest BCUT2D eigenvalue weighted by Crippen LogP contribution is 2.38. The quantitative estimate of drug-likeness (QED) is 0.677. The normalized spacial score (nSPS) is 12.7. The van der Waals surface area contributed by atoms with Gasteiger partial charge in [-0.15, -0.1) is 11.3 Å². The lowest BCUT2D eigenvalue weighted by molar-refractivity contribution is 0.544. The smallest absolute Gasteiger partial charge is 0.128 e. The van der Waals surface area contributed by atoms with E-state index >= 15 is 0 Å². The Balaban J connectivity index is 2.50. The van der Waals surface area contributed by atoms with Crippen LogP contribution in [0.25, 0.3) is 0 Å². The SMILES string of the molecule is CCNC(c1cc(Br)c(Br)s1)c1cc(F)c(C)cc1F. The van der Waals surface area contributed by atoms with E-state index in [2.05, 4.69) is 37.2 Å². The maximum Gasteiger partial charge on any atom is 0.128 e. The second-order valence-corrected chi connectivity index (χ2v) is 7.64. The number of hydrogen-bond donors (Lipinski definition) is 1. The maximum atomic E-state index is 14.2. The summed E-state index contributed by atoms with van der Waals surface area (Å²) >= 11 is 8.34. The number of benzene rings is 1. The molecule has 0 bridgehead atoms. The standard InChI is InChI=1S/C14H13Br2F2NS/c1-3-19-13(12-6-9(15)14(16)20-12)8-5-10(17)7(2)4-11(8)18/h4-6,13,19H,3H2,1-2H3. The van der Waals surface area contributed by atoms with E-state index in [9.17, 15) is 8.78 Å². The molecule has 20 heavy (non-hydrogen) atoms. The van der Waals surface area contributed by atoms with E-state index in [-0.39, 0.29) is 11.9 Å². The summed E-state index contributed by atoms with van der Waals surface area (Å²) < 4.78 is 29.8. The van der Waals surface area contributed by atoms with Crippen LogP contribution in [0, 0.1) is 18.6 Å². The number of hydrogen-bond acceptors (Lipinski definition) is 2. The van der Waals surface area contributed by atoms with Crippen LogP contribution < -0.4 is 5.32 Å². The molecule has 2 aromatic rings. The van der Waals surface area contributed by atoms with Crippen LogP contribution in [0.3, 0.4) is 0 Å². The summed E-state index contributed by atoms with van der Waals surface area (Å²) in [5, 5.41) is 3.21. The summed E-state index contributed by atoms with van der Waals surface area (Å²) in [6, 6.07) is 4.08. The van der Waals surface area contributed by atoms with Gasteiger partial charge >= 0.3 is 0 Å². The van der Waals surface area contributed by atoms with Gasteiger partial charge in [0.05, 0.1) is 9.83 Å². The molecule has 0 amide bonds. The van der Waals surface area contributed by atoms with Crippen LogP contribution in [0.15, 0.2) is 26.5 Å². The van der Waals surface area contributed by atoms with Crippen LogP contribution in [-0.4, -0.2) is 6.54 Å². The van der Waals surface area contributed by atoms with Crippen molar-refractivity contribution in [3.63, 3.8) is 0 Å². The predicted molar refractivity (Wildman–Crippen MR) is 86.3 cm³/mol. The molecule has 0 saturated carbocycles. The Morgan fingerprint density at radius 3 is 2.45 bits per heavy atom. The first-order valence-electron chi connectivity index (χ1n) is 6.07. The van der Waals surface area contributed by atoms with Gasteiger partial charge in [-0.05, 0) is 69.1 Å². The van der Waals surface area contributed by atoms with Gasteiger partial charge in [-0.2, -0.15) is 0 Å². The monoisotopic (exact) mass is 423 g/mol. The Hall–Kier alpha value is -0.300. The lowest BCUT2D eigenvalue weighted by atomic mass is 10.0. The van der Waals surface area contributed by atoms with Gasteiger partial charge in [-0.25, -0.2) is 8.78 Å². The van der Waals surface area contributed by atoms with Gasteiger partial charge < -0.3 is 5.32 Å². The third-order valence-electron chi connectivity index (χ3n) is 2.95. The van der Waals surface area contributed by atoms with Crippen LogP contribution in [-0.2, 0) is 0 Å². The third-order valence-corrected chi connectivity index (χ3v) is 6.27. The highest BCUT2D eigenvalue weighted by Gasteiger charge is 2.21. The van der Waals surface area contributed by atoms with E-state index in [0.717, 1.165) is 13.1 Å². The summed E-state index contributed by atoms with van der Waals surface area (Å²) in [7, 11) is 0. The Bertz CT molecular complexity index is 608. The Kier molecular flexibility index (Phi) is 5.34. The molecule has 1 atom stereocenters. The van der Waals surface area contributed by atoms with Gasteiger partial charge in [0.15, 0.2) is 0 Å². The second-order valence-electron chi connectivity index (χ2n) is 4.38. The molecule has 0 spiro atoms. The minimum absolute atomic E-state index is 0.315. The number of aryl methyl sites for hydroxylation is 1. The summed E-state index contributed by atoms with van der Waals surface area (Å²) in [6.07, 6.45) is 0. The number of thiophene rings is 1. The Morgan fingerprint density at radius 2 is 1.90 bits per heavy atom. The molecule has 0 aliphatic rings. The molecule has 1 heterocycles. The molecule has 0 saturated heterocycles. The zero-order valence-electron chi connectivity index (χ0n) is 10.9. The molecule has 0 radical (unpaired) electrons. The van der Waals surface area contributed by atoms with E-state index in [1.54, 1.807) is 6.92 Å². The first-order chi connectivity index (χ1) is 9.43. The van der Waals surface area contributed by atoms with Crippen molar-refractivity contribution in [2.75, 3.05) is 6.54 Å². The fraction of sp³-hybridized carbons (Fsp3) is 0.286. The van der Waals surface area contributed by atoms with Crippen molar-refractivity contribution in [3.05, 3.63) is 54.1 Å². The molecule has 1 N–H and O–H groups in total. The molecule has 6 heteroatoms. The third kappa shape index (κ3) is 3.30. The molecule has 0 aliphatic carbocycles. The van der Waals surface area contributed by atoms with Gasteiger partial charge in [-0.1, -0.05) is 6.92 Å². The van der Waals surface area contributed by atoms with Gasteiger partial charge in [0.1, 0.15) is 11.6 Å². The molecular formula is C14H13Br2F2NS. The summed E-state index contributed by atoms with van der Waals surface area (Å²) in [5.41, 5.74) is 0.645. The molecule has 1 aromatic heterocycles. The van der Waals surface area contributed by atoms with Crippen molar-refractivity contribution in [2.24, 2.45) is 0 Å². The number of nitrogens with one attached hydrogen (secondary N) is 1. The molecule has 0 aliphatic heterocycles. The first-order valence-corrected chi connectivity index (χ1v) is 8.48. The topological polar surface area (TPSA) is 12.0 Å². The van der Waals surface area contributed by atoms with Crippen LogP contribution in [0.5, 0.6) is 0 Å². The molecule has 1 aromatic carbocycles. The van der Waals surface area contributed by atoms with Crippen molar-refractivity contribution in [1.82, 2.24) is 5.32 Å². The van der Waals surface area contributed by atoms with E-state index in [1.807, 2.05) is 13.0 Å². The van der Waals surface area contributed by atoms with E-state index in [4.69, 9.17) is 0 Å². The molecule has 1 unspecified atom stereocenters. The Labute approximate surface area is 137 Å². The minimum atomic E-state index is -0.393. The fourth-order valence-electron chi connectivity index (χ4n) is 1.96. The van der Waals surface area contributed by atoms with Crippen LogP contribution >= 0.6 is 43.2 Å². The molecule has 2 rings (SSSR count). The van der Waals surface area contributed by atoms with Crippen molar-refractivity contribution < 1.29 is 8.78 Å². The second kappa shape index (κ2) is 6.64. The summed E-state index contributed by atoms with van der Waals surface area (Å²) in [6.45, 7) is 4.16. The van der Waals surface area contributed by atoms with E-state index in [1.165, 1.54) is 23.5 Å². The lowest BCUT2D eigenvalue weighted by Crippen LogP contribution is -2.22. The van der Waals surface area contributed by atoms with Gasteiger partial charge in [0.2, 0.25) is 0 Å². The summed E-state index contributed by atoms with van der Waals surface area (Å²) in [5.74, 6) is -0.783. The van der Waals surface area contributed by atoms with Crippen LogP contribution in [0.1, 0.15) is 29.0 Å². The van der Waals surface area contributed by atoms with Crippen molar-refractivity contribution >= 4 is 43.2 Å². The van der Waals surface area contributed by atoms with Crippen LogP contribution in [0.4, 0.5) is 8.78 Å². The van der Waals surface area contributed by atoms with Gasteiger partial charge in [0, 0.05) is 14.9 Å². The van der Waals surface area contributed by atoms with Crippen molar-refractivity contribution in [2.45, 2.75) is 19.9 Å². The first kappa shape index (κ1) is 16.1. The van der Waals surface area contributed by atoms with E-state index in [0.29, 0.717) is 17.7 Å².